The largest absolute Gasteiger partial charge is 0.309 e. The topological polar surface area (TPSA) is 12.0 Å². The number of halogens is 1. The average molecular weight is 269 g/mol. The van der Waals surface area contributed by atoms with Gasteiger partial charge in [0.2, 0.25) is 0 Å². The van der Waals surface area contributed by atoms with Gasteiger partial charge >= 0.3 is 0 Å². The highest BCUT2D eigenvalue weighted by Crippen LogP contribution is 2.25. The van der Waals surface area contributed by atoms with E-state index in [1.165, 1.54) is 0 Å². The van der Waals surface area contributed by atoms with Crippen LogP contribution in [0.4, 0.5) is 4.39 Å². The minimum atomic E-state index is -0.101. The minimum Gasteiger partial charge on any atom is -0.309 e. The normalized spacial score (nSPS) is 14.5. The molecule has 0 radical (unpaired) electrons. The lowest BCUT2D eigenvalue weighted by Gasteiger charge is -2.21. The zero-order valence-corrected chi connectivity index (χ0v) is 12.6. The standard InChI is InChI=1S/C15H24FNS/c1-5-12(4)18-10-15(17-6-2)13-9-11(3)7-8-14(13)16/h7-9,12,15,17H,5-6,10H2,1-4H3. The van der Waals surface area contributed by atoms with Crippen LogP contribution in [0.15, 0.2) is 18.2 Å². The molecule has 0 saturated heterocycles. The van der Waals surface area contributed by atoms with Crippen LogP contribution in [0.3, 0.4) is 0 Å². The summed E-state index contributed by atoms with van der Waals surface area (Å²) in [6.07, 6.45) is 1.15. The van der Waals surface area contributed by atoms with Crippen molar-refractivity contribution in [2.45, 2.75) is 45.4 Å². The van der Waals surface area contributed by atoms with E-state index < -0.39 is 0 Å². The lowest BCUT2D eigenvalue weighted by molar-refractivity contribution is 0.544. The van der Waals surface area contributed by atoms with Crippen molar-refractivity contribution in [3.05, 3.63) is 35.1 Å². The van der Waals surface area contributed by atoms with Gasteiger partial charge in [-0.3, -0.25) is 0 Å². The maximum absolute atomic E-state index is 13.9. The zero-order valence-electron chi connectivity index (χ0n) is 11.8. The first-order chi connectivity index (χ1) is 8.58. The van der Waals surface area contributed by atoms with Crippen LogP contribution < -0.4 is 5.32 Å². The summed E-state index contributed by atoms with van der Waals surface area (Å²) >= 11 is 1.90. The molecule has 0 aromatic heterocycles. The summed E-state index contributed by atoms with van der Waals surface area (Å²) in [6.45, 7) is 9.34. The van der Waals surface area contributed by atoms with Crippen molar-refractivity contribution in [2.75, 3.05) is 12.3 Å². The number of thioether (sulfide) groups is 1. The maximum atomic E-state index is 13.9. The van der Waals surface area contributed by atoms with Crippen molar-refractivity contribution in [3.63, 3.8) is 0 Å². The van der Waals surface area contributed by atoms with Crippen LogP contribution in [0, 0.1) is 12.7 Å². The summed E-state index contributed by atoms with van der Waals surface area (Å²) in [5.41, 5.74) is 1.91. The van der Waals surface area contributed by atoms with Gasteiger partial charge in [-0.2, -0.15) is 11.8 Å². The van der Waals surface area contributed by atoms with E-state index in [0.717, 1.165) is 29.8 Å². The van der Waals surface area contributed by atoms with Crippen molar-refractivity contribution >= 4 is 11.8 Å². The van der Waals surface area contributed by atoms with E-state index in [1.54, 1.807) is 6.07 Å². The van der Waals surface area contributed by atoms with E-state index >= 15 is 0 Å². The van der Waals surface area contributed by atoms with Gasteiger partial charge in [0.05, 0.1) is 0 Å². The lowest BCUT2D eigenvalue weighted by Crippen LogP contribution is -2.24. The van der Waals surface area contributed by atoms with Gasteiger partial charge in [-0.1, -0.05) is 38.5 Å². The SMILES string of the molecule is CCNC(CSC(C)CC)c1cc(C)ccc1F. The molecule has 1 aromatic rings. The molecule has 1 rings (SSSR count). The van der Waals surface area contributed by atoms with Crippen LogP contribution >= 0.6 is 11.8 Å². The molecule has 0 amide bonds. The second-order valence-corrected chi connectivity index (χ2v) is 6.16. The molecule has 2 atom stereocenters. The van der Waals surface area contributed by atoms with Crippen LogP contribution in [0.2, 0.25) is 0 Å². The van der Waals surface area contributed by atoms with Crippen LogP contribution in [0.25, 0.3) is 0 Å². The number of benzene rings is 1. The highest BCUT2D eigenvalue weighted by atomic mass is 32.2. The molecule has 0 bridgehead atoms. The van der Waals surface area contributed by atoms with E-state index in [9.17, 15) is 4.39 Å². The van der Waals surface area contributed by atoms with Crippen LogP contribution in [0.5, 0.6) is 0 Å². The molecule has 1 nitrogen and oxygen atoms in total. The zero-order chi connectivity index (χ0) is 13.5. The van der Waals surface area contributed by atoms with E-state index in [1.807, 2.05) is 30.8 Å². The van der Waals surface area contributed by atoms with Crippen molar-refractivity contribution < 1.29 is 4.39 Å². The summed E-state index contributed by atoms with van der Waals surface area (Å²) in [5.74, 6) is 0.819. The van der Waals surface area contributed by atoms with Crippen molar-refractivity contribution in [1.29, 1.82) is 0 Å². The Morgan fingerprint density at radius 2 is 2.06 bits per heavy atom. The van der Waals surface area contributed by atoms with Crippen molar-refractivity contribution in [2.24, 2.45) is 0 Å². The molecule has 0 aliphatic carbocycles. The summed E-state index contributed by atoms with van der Waals surface area (Å²) in [6, 6.07) is 5.46. The van der Waals surface area contributed by atoms with Gasteiger partial charge in [0, 0.05) is 22.6 Å². The van der Waals surface area contributed by atoms with Gasteiger partial charge < -0.3 is 5.32 Å². The number of rotatable bonds is 7. The summed E-state index contributed by atoms with van der Waals surface area (Å²) < 4.78 is 13.9. The first kappa shape index (κ1) is 15.5. The first-order valence-corrected chi connectivity index (χ1v) is 7.74. The fraction of sp³-hybridized carbons (Fsp3) is 0.600. The van der Waals surface area contributed by atoms with Gasteiger partial charge in [-0.05, 0) is 26.0 Å². The smallest absolute Gasteiger partial charge is 0.128 e. The number of aryl methyl sites for hydroxylation is 1. The third kappa shape index (κ3) is 4.62. The lowest BCUT2D eigenvalue weighted by atomic mass is 10.0. The van der Waals surface area contributed by atoms with Gasteiger partial charge in [0.1, 0.15) is 5.82 Å². The van der Waals surface area contributed by atoms with Gasteiger partial charge in [0.15, 0.2) is 0 Å². The molecule has 0 saturated carbocycles. The van der Waals surface area contributed by atoms with Crippen LogP contribution in [-0.2, 0) is 0 Å². The fourth-order valence-electron chi connectivity index (χ4n) is 1.81. The molecule has 0 aliphatic heterocycles. The molecule has 0 spiro atoms. The molecular formula is C15H24FNS. The minimum absolute atomic E-state index is 0.101. The Hall–Kier alpha value is -0.540. The van der Waals surface area contributed by atoms with Crippen molar-refractivity contribution in [1.82, 2.24) is 5.32 Å². The quantitative estimate of drug-likeness (QED) is 0.791. The highest BCUT2D eigenvalue weighted by molar-refractivity contribution is 7.99. The molecule has 1 aromatic carbocycles. The molecular weight excluding hydrogens is 245 g/mol. The molecule has 2 unspecified atom stereocenters. The van der Waals surface area contributed by atoms with E-state index in [-0.39, 0.29) is 11.9 Å². The monoisotopic (exact) mass is 269 g/mol. The second kappa shape index (κ2) is 7.80. The average Bonchev–Trinajstić information content (AvgIpc) is 2.37. The Morgan fingerprint density at radius 1 is 1.33 bits per heavy atom. The van der Waals surface area contributed by atoms with Crippen LogP contribution in [-0.4, -0.2) is 17.5 Å². The van der Waals surface area contributed by atoms with Gasteiger partial charge in [-0.15, -0.1) is 0 Å². The van der Waals surface area contributed by atoms with E-state index in [4.69, 9.17) is 0 Å². The van der Waals surface area contributed by atoms with Crippen molar-refractivity contribution in [3.8, 4) is 0 Å². The molecule has 0 heterocycles. The van der Waals surface area contributed by atoms with E-state index in [2.05, 4.69) is 26.1 Å². The Kier molecular flexibility index (Phi) is 6.72. The molecule has 0 aliphatic rings. The predicted octanol–water partition coefficient (Wildman–Crippen LogP) is 4.32. The summed E-state index contributed by atoms with van der Waals surface area (Å²) in [7, 11) is 0. The fourth-order valence-corrected chi connectivity index (χ4v) is 2.87. The third-order valence-electron chi connectivity index (χ3n) is 3.10. The summed E-state index contributed by atoms with van der Waals surface area (Å²) in [4.78, 5) is 0. The van der Waals surface area contributed by atoms with Gasteiger partial charge in [0.25, 0.3) is 0 Å². The second-order valence-electron chi connectivity index (χ2n) is 4.69. The maximum Gasteiger partial charge on any atom is 0.128 e. The molecule has 3 heteroatoms. The Bertz CT molecular complexity index is 368. The molecule has 1 N–H and O–H groups in total. The first-order valence-electron chi connectivity index (χ1n) is 6.69. The molecule has 18 heavy (non-hydrogen) atoms. The van der Waals surface area contributed by atoms with E-state index in [0.29, 0.717) is 5.25 Å². The van der Waals surface area contributed by atoms with Gasteiger partial charge in [-0.25, -0.2) is 4.39 Å². The Morgan fingerprint density at radius 3 is 2.67 bits per heavy atom. The van der Waals surface area contributed by atoms with Crippen LogP contribution in [0.1, 0.15) is 44.4 Å². The third-order valence-corrected chi connectivity index (χ3v) is 4.53. The summed E-state index contributed by atoms with van der Waals surface area (Å²) in [5, 5.41) is 4.01. The molecule has 0 fully saturated rings. The Labute approximate surface area is 115 Å². The molecule has 102 valence electrons. The predicted molar refractivity (Wildman–Crippen MR) is 79.8 cm³/mol. The highest BCUT2D eigenvalue weighted by Gasteiger charge is 2.16. The number of hydrogen-bond donors (Lipinski definition) is 1. The Balaban J connectivity index is 2.79. The number of nitrogens with one attached hydrogen (secondary N) is 1. The number of hydrogen-bond acceptors (Lipinski definition) is 2.